The highest BCUT2D eigenvalue weighted by Gasteiger charge is 2.59. The summed E-state index contributed by atoms with van der Waals surface area (Å²) in [7, 11) is -5.91. The van der Waals surface area contributed by atoms with Crippen molar-refractivity contribution in [2.45, 2.75) is 43.1 Å². The Morgan fingerprint density at radius 2 is 1.31 bits per heavy atom. The standard InChI is InChI=1S/C19H17Br3F2O7S/c20-11-5-12(21)14(13(22)6-11)17(25)30-15-7-1-9-3-8(15)4-10(2-7)16(9)31-18(26)19(23,24)32(27,28)29/h5-10,15-16H,1-4H2,(H,27,28,29). The molecule has 176 valence electrons. The fourth-order valence-electron chi connectivity index (χ4n) is 5.39. The Balaban J connectivity index is 1.45. The Morgan fingerprint density at radius 3 is 1.72 bits per heavy atom. The van der Waals surface area contributed by atoms with Gasteiger partial charge in [-0.25, -0.2) is 9.59 Å². The second-order valence-electron chi connectivity index (χ2n) is 8.46. The molecule has 0 unspecified atom stereocenters. The van der Waals surface area contributed by atoms with E-state index in [0.29, 0.717) is 40.2 Å². The number of ether oxygens (including phenoxy) is 2. The number of rotatable bonds is 5. The van der Waals surface area contributed by atoms with Crippen LogP contribution in [-0.4, -0.2) is 42.4 Å². The third-order valence-electron chi connectivity index (χ3n) is 6.54. The fraction of sp³-hybridized carbons (Fsp3) is 0.579. The molecule has 0 aliphatic heterocycles. The number of halogens is 5. The molecule has 13 heteroatoms. The topological polar surface area (TPSA) is 107 Å². The molecule has 0 spiro atoms. The van der Waals surface area contributed by atoms with Gasteiger partial charge in [0.15, 0.2) is 0 Å². The van der Waals surface area contributed by atoms with Crippen molar-refractivity contribution in [2.24, 2.45) is 23.7 Å². The Kier molecular flexibility index (Phi) is 6.54. The smallest absolute Gasteiger partial charge is 0.458 e. The van der Waals surface area contributed by atoms with Crippen molar-refractivity contribution in [3.8, 4) is 0 Å². The van der Waals surface area contributed by atoms with Crippen LogP contribution in [0.3, 0.4) is 0 Å². The molecule has 32 heavy (non-hydrogen) atoms. The molecule has 0 atom stereocenters. The van der Waals surface area contributed by atoms with Crippen LogP contribution in [0.5, 0.6) is 0 Å². The number of carbonyl (C=O) groups is 2. The third-order valence-corrected chi connectivity index (χ3v) is 9.06. The lowest BCUT2D eigenvalue weighted by molar-refractivity contribution is -0.197. The number of alkyl halides is 2. The van der Waals surface area contributed by atoms with Crippen LogP contribution in [0.1, 0.15) is 36.0 Å². The molecule has 1 aromatic carbocycles. The van der Waals surface area contributed by atoms with Gasteiger partial charge >= 0.3 is 27.3 Å². The lowest BCUT2D eigenvalue weighted by Crippen LogP contribution is -2.58. The fourth-order valence-corrected chi connectivity index (χ4v) is 8.23. The zero-order chi connectivity index (χ0) is 23.6. The largest absolute Gasteiger partial charge is 0.465 e. The zero-order valence-corrected chi connectivity index (χ0v) is 21.7. The quantitative estimate of drug-likeness (QED) is 0.350. The first-order valence-electron chi connectivity index (χ1n) is 9.71. The lowest BCUT2D eigenvalue weighted by atomic mass is 9.53. The normalized spacial score (nSPS) is 31.4. The average molecular weight is 667 g/mol. The monoisotopic (exact) mass is 664 g/mol. The summed E-state index contributed by atoms with van der Waals surface area (Å²) in [5.41, 5.74) is 0.362. The van der Waals surface area contributed by atoms with Gasteiger partial charge in [0.25, 0.3) is 0 Å². The van der Waals surface area contributed by atoms with Gasteiger partial charge in [-0.15, -0.1) is 0 Å². The van der Waals surface area contributed by atoms with Gasteiger partial charge in [-0.1, -0.05) is 15.9 Å². The van der Waals surface area contributed by atoms with Crippen LogP contribution in [0.2, 0.25) is 0 Å². The maximum Gasteiger partial charge on any atom is 0.465 e. The van der Waals surface area contributed by atoms with E-state index >= 15 is 0 Å². The Hall–Kier alpha value is -0.630. The molecule has 5 rings (SSSR count). The molecule has 0 heterocycles. The van der Waals surface area contributed by atoms with Gasteiger partial charge < -0.3 is 9.47 Å². The Morgan fingerprint density at radius 1 is 0.906 bits per heavy atom. The highest BCUT2D eigenvalue weighted by molar-refractivity contribution is 9.11. The van der Waals surface area contributed by atoms with Gasteiger partial charge in [0.1, 0.15) is 12.2 Å². The molecule has 4 fully saturated rings. The van der Waals surface area contributed by atoms with Crippen molar-refractivity contribution in [1.29, 1.82) is 0 Å². The van der Waals surface area contributed by atoms with E-state index in [1.54, 1.807) is 12.1 Å². The molecular formula is C19H17Br3F2O7S. The van der Waals surface area contributed by atoms with Crippen molar-refractivity contribution in [3.63, 3.8) is 0 Å². The van der Waals surface area contributed by atoms with Crippen molar-refractivity contribution in [1.82, 2.24) is 0 Å². The summed E-state index contributed by atoms with van der Waals surface area (Å²) in [4.78, 5) is 24.6. The van der Waals surface area contributed by atoms with Crippen LogP contribution in [0, 0.1) is 23.7 Å². The summed E-state index contributed by atoms with van der Waals surface area (Å²) in [6.07, 6.45) is 0.820. The maximum absolute atomic E-state index is 13.6. The van der Waals surface area contributed by atoms with E-state index in [9.17, 15) is 26.8 Å². The van der Waals surface area contributed by atoms with Gasteiger partial charge in [-0.3, -0.25) is 4.55 Å². The lowest BCUT2D eigenvalue weighted by Gasteiger charge is -2.56. The summed E-state index contributed by atoms with van der Waals surface area (Å²) in [6.45, 7) is 0. The van der Waals surface area contributed by atoms with E-state index < -0.39 is 33.4 Å². The molecule has 0 radical (unpaired) electrons. The predicted octanol–water partition coefficient (Wildman–Crippen LogP) is 4.96. The molecule has 4 bridgehead atoms. The minimum atomic E-state index is -5.91. The molecule has 1 N–H and O–H groups in total. The highest BCUT2D eigenvalue weighted by Crippen LogP contribution is 2.56. The van der Waals surface area contributed by atoms with Crippen LogP contribution >= 0.6 is 47.8 Å². The average Bonchev–Trinajstić information content (AvgIpc) is 2.63. The molecule has 0 saturated heterocycles. The number of carbonyl (C=O) groups excluding carboxylic acids is 2. The van der Waals surface area contributed by atoms with Crippen LogP contribution < -0.4 is 0 Å². The highest BCUT2D eigenvalue weighted by atomic mass is 79.9. The number of benzene rings is 1. The number of hydrogen-bond donors (Lipinski definition) is 1. The van der Waals surface area contributed by atoms with Gasteiger partial charge in [0.05, 0.1) is 5.56 Å². The minimum Gasteiger partial charge on any atom is -0.458 e. The zero-order valence-electron chi connectivity index (χ0n) is 16.1. The van der Waals surface area contributed by atoms with Gasteiger partial charge in [-0.05, 0) is 93.3 Å². The molecular weight excluding hydrogens is 650 g/mol. The van der Waals surface area contributed by atoms with E-state index in [2.05, 4.69) is 47.8 Å². The summed E-state index contributed by atoms with van der Waals surface area (Å²) in [5, 5.41) is -5.01. The summed E-state index contributed by atoms with van der Waals surface area (Å²) in [6, 6.07) is 3.47. The van der Waals surface area contributed by atoms with Crippen LogP contribution in [0.25, 0.3) is 0 Å². The summed E-state index contributed by atoms with van der Waals surface area (Å²) in [5.74, 6) is -3.23. The van der Waals surface area contributed by atoms with Crippen molar-refractivity contribution < 1.29 is 40.8 Å². The van der Waals surface area contributed by atoms with Crippen LogP contribution in [0.15, 0.2) is 25.6 Å². The Bertz CT molecular complexity index is 1030. The van der Waals surface area contributed by atoms with Crippen molar-refractivity contribution in [3.05, 3.63) is 31.1 Å². The van der Waals surface area contributed by atoms with Crippen LogP contribution in [-0.2, 0) is 24.4 Å². The summed E-state index contributed by atoms with van der Waals surface area (Å²) >= 11 is 10.1. The number of hydrogen-bond acceptors (Lipinski definition) is 6. The molecule has 4 aliphatic rings. The number of esters is 2. The first kappa shape index (κ1) is 24.5. The predicted molar refractivity (Wildman–Crippen MR) is 118 cm³/mol. The van der Waals surface area contributed by atoms with E-state index in [-0.39, 0.29) is 29.8 Å². The van der Waals surface area contributed by atoms with Crippen molar-refractivity contribution in [2.75, 3.05) is 0 Å². The molecule has 0 amide bonds. The molecule has 4 aliphatic carbocycles. The molecule has 7 nitrogen and oxygen atoms in total. The molecule has 0 aromatic heterocycles. The minimum absolute atomic E-state index is 0.00788. The van der Waals surface area contributed by atoms with E-state index in [1.807, 2.05) is 0 Å². The maximum atomic E-state index is 13.6. The van der Waals surface area contributed by atoms with Crippen molar-refractivity contribution >= 4 is 69.8 Å². The Labute approximate surface area is 207 Å². The van der Waals surface area contributed by atoms with Gasteiger partial charge in [0, 0.05) is 13.4 Å². The van der Waals surface area contributed by atoms with E-state index in [4.69, 9.17) is 14.0 Å². The van der Waals surface area contributed by atoms with Gasteiger partial charge in [-0.2, -0.15) is 17.2 Å². The second-order valence-corrected chi connectivity index (χ2v) is 12.5. The van der Waals surface area contributed by atoms with Crippen LogP contribution in [0.4, 0.5) is 8.78 Å². The second kappa shape index (κ2) is 8.54. The van der Waals surface area contributed by atoms with E-state index in [0.717, 1.165) is 4.47 Å². The first-order valence-corrected chi connectivity index (χ1v) is 13.5. The SMILES string of the molecule is O=C(OC1C2CC3CC1CC(C2)C3OC(=O)C(F)(F)S(=O)(=O)O)c1c(Br)cc(Br)cc1Br. The molecule has 4 saturated carbocycles. The van der Waals surface area contributed by atoms with Gasteiger partial charge in [0.2, 0.25) is 0 Å². The molecule has 1 aromatic rings. The third kappa shape index (κ3) is 4.27. The van der Waals surface area contributed by atoms with E-state index in [1.165, 1.54) is 0 Å². The first-order chi connectivity index (χ1) is 14.8. The summed E-state index contributed by atoms with van der Waals surface area (Å²) < 4.78 is 70.2.